The van der Waals surface area contributed by atoms with E-state index in [9.17, 15) is 21.6 Å². The van der Waals surface area contributed by atoms with E-state index in [1.807, 2.05) is 18.2 Å². The van der Waals surface area contributed by atoms with Crippen molar-refractivity contribution in [1.29, 1.82) is 0 Å². The van der Waals surface area contributed by atoms with Gasteiger partial charge in [-0.3, -0.25) is 4.79 Å². The molecule has 0 saturated carbocycles. The number of piperazine rings is 1. The molecule has 0 N–H and O–H groups in total. The molecule has 2 aromatic carbocycles. The van der Waals surface area contributed by atoms with Gasteiger partial charge in [0.05, 0.1) is 22.3 Å². The van der Waals surface area contributed by atoms with Crippen LogP contribution in [0.1, 0.15) is 6.92 Å². The molecular formula is C20H22ClN3O5S2. The molecule has 11 heteroatoms. The molecule has 0 aromatic heterocycles. The van der Waals surface area contributed by atoms with Crippen LogP contribution in [0.5, 0.6) is 0 Å². The summed E-state index contributed by atoms with van der Waals surface area (Å²) >= 11 is 6.04. The first-order chi connectivity index (χ1) is 14.6. The van der Waals surface area contributed by atoms with Gasteiger partial charge in [-0.1, -0.05) is 24.6 Å². The second kappa shape index (κ2) is 8.09. The fraction of sp³-hybridized carbons (Fsp3) is 0.350. The number of halogens is 1. The SMILES string of the molecule is CC1CS(=O)(=O)N(c2ccc(S(=O)(=O)N3CCN(c4cccc(Cl)c4)CC3)cc2)C1=O. The topological polar surface area (TPSA) is 95.1 Å². The van der Waals surface area contributed by atoms with Crippen molar-refractivity contribution in [1.82, 2.24) is 4.31 Å². The standard InChI is InChI=1S/C20H22ClN3O5S2/c1-15-14-30(26,27)24(20(15)25)17-5-7-19(8-6-17)31(28,29)23-11-9-22(10-12-23)18-4-2-3-16(21)13-18/h2-8,13,15H,9-12,14H2,1H3. The van der Waals surface area contributed by atoms with Crippen LogP contribution in [0.4, 0.5) is 11.4 Å². The molecule has 0 aliphatic carbocycles. The fourth-order valence-corrected chi connectivity index (χ4v) is 7.28. The van der Waals surface area contributed by atoms with E-state index in [1.54, 1.807) is 13.0 Å². The highest BCUT2D eigenvalue weighted by atomic mass is 35.5. The number of rotatable bonds is 4. The number of carbonyl (C=O) groups is 1. The zero-order chi connectivity index (χ0) is 22.4. The highest BCUT2D eigenvalue weighted by Crippen LogP contribution is 2.30. The van der Waals surface area contributed by atoms with E-state index in [2.05, 4.69) is 4.90 Å². The minimum absolute atomic E-state index is 0.0598. The Labute approximate surface area is 187 Å². The molecule has 1 amide bonds. The Bertz CT molecular complexity index is 1210. The number of nitrogens with zero attached hydrogens (tertiary/aromatic N) is 3. The number of hydrogen-bond donors (Lipinski definition) is 0. The van der Waals surface area contributed by atoms with Crippen molar-refractivity contribution in [2.75, 3.05) is 41.1 Å². The lowest BCUT2D eigenvalue weighted by atomic mass is 10.2. The van der Waals surface area contributed by atoms with Crippen LogP contribution < -0.4 is 9.21 Å². The van der Waals surface area contributed by atoms with Gasteiger partial charge in [0.15, 0.2) is 0 Å². The highest BCUT2D eigenvalue weighted by Gasteiger charge is 2.42. The van der Waals surface area contributed by atoms with Crippen LogP contribution in [0.3, 0.4) is 0 Å². The zero-order valence-corrected chi connectivity index (χ0v) is 19.2. The zero-order valence-electron chi connectivity index (χ0n) is 16.8. The quantitative estimate of drug-likeness (QED) is 0.661. The van der Waals surface area contributed by atoms with Crippen molar-refractivity contribution < 1.29 is 21.6 Å². The van der Waals surface area contributed by atoms with Crippen LogP contribution in [-0.4, -0.2) is 59.0 Å². The molecule has 1 atom stereocenters. The number of benzene rings is 2. The molecule has 2 aliphatic heterocycles. The van der Waals surface area contributed by atoms with Crippen LogP contribution in [0.15, 0.2) is 53.4 Å². The lowest BCUT2D eigenvalue weighted by Gasteiger charge is -2.35. The van der Waals surface area contributed by atoms with Crippen LogP contribution in [0.25, 0.3) is 0 Å². The first kappa shape index (κ1) is 22.1. The summed E-state index contributed by atoms with van der Waals surface area (Å²) in [5.74, 6) is -1.38. The third-order valence-corrected chi connectivity index (χ3v) is 9.50. The summed E-state index contributed by atoms with van der Waals surface area (Å²) in [5, 5.41) is 0.625. The van der Waals surface area contributed by atoms with Crippen molar-refractivity contribution in [3.63, 3.8) is 0 Å². The van der Waals surface area contributed by atoms with Crippen LogP contribution in [0.2, 0.25) is 5.02 Å². The summed E-state index contributed by atoms with van der Waals surface area (Å²) in [4.78, 5) is 14.4. The Balaban J connectivity index is 1.49. The minimum Gasteiger partial charge on any atom is -0.369 e. The summed E-state index contributed by atoms with van der Waals surface area (Å²) in [6, 6.07) is 12.8. The summed E-state index contributed by atoms with van der Waals surface area (Å²) in [7, 11) is -7.48. The van der Waals surface area contributed by atoms with E-state index in [-0.39, 0.29) is 16.3 Å². The number of hydrogen-bond acceptors (Lipinski definition) is 6. The summed E-state index contributed by atoms with van der Waals surface area (Å²) < 4.78 is 52.8. The molecule has 2 aromatic rings. The molecule has 0 radical (unpaired) electrons. The number of anilines is 2. The first-order valence-electron chi connectivity index (χ1n) is 9.77. The summed E-state index contributed by atoms with van der Waals surface area (Å²) in [6.07, 6.45) is 0. The van der Waals surface area contributed by atoms with E-state index in [1.165, 1.54) is 28.6 Å². The van der Waals surface area contributed by atoms with Gasteiger partial charge < -0.3 is 4.90 Å². The van der Waals surface area contributed by atoms with Gasteiger partial charge in [-0.25, -0.2) is 21.1 Å². The predicted molar refractivity (Wildman–Crippen MR) is 119 cm³/mol. The van der Waals surface area contributed by atoms with Gasteiger partial charge in [0.1, 0.15) is 0 Å². The lowest BCUT2D eigenvalue weighted by Crippen LogP contribution is -2.48. The van der Waals surface area contributed by atoms with Crippen molar-refractivity contribution in [2.24, 2.45) is 5.92 Å². The monoisotopic (exact) mass is 483 g/mol. The van der Waals surface area contributed by atoms with E-state index in [0.29, 0.717) is 31.2 Å². The van der Waals surface area contributed by atoms with E-state index < -0.39 is 31.9 Å². The Hall–Kier alpha value is -2.14. The minimum atomic E-state index is -3.74. The largest absolute Gasteiger partial charge is 0.369 e. The molecule has 0 bridgehead atoms. The maximum atomic E-state index is 13.0. The molecule has 1 unspecified atom stereocenters. The van der Waals surface area contributed by atoms with Gasteiger partial charge >= 0.3 is 0 Å². The maximum absolute atomic E-state index is 13.0. The van der Waals surface area contributed by atoms with Crippen molar-refractivity contribution in [3.05, 3.63) is 53.6 Å². The molecule has 4 rings (SSSR count). The molecule has 166 valence electrons. The summed E-state index contributed by atoms with van der Waals surface area (Å²) in [6.45, 7) is 3.23. The third-order valence-electron chi connectivity index (χ3n) is 5.48. The number of carbonyl (C=O) groups excluding carboxylic acids is 1. The Kier molecular flexibility index (Phi) is 5.76. The molecule has 2 fully saturated rings. The molecule has 31 heavy (non-hydrogen) atoms. The average Bonchev–Trinajstić information content (AvgIpc) is 2.94. The Morgan fingerprint density at radius 3 is 2.16 bits per heavy atom. The molecular weight excluding hydrogens is 462 g/mol. The highest BCUT2D eigenvalue weighted by molar-refractivity contribution is 7.94. The fourth-order valence-electron chi connectivity index (χ4n) is 3.85. The Morgan fingerprint density at radius 1 is 0.968 bits per heavy atom. The molecule has 2 aliphatic rings. The first-order valence-corrected chi connectivity index (χ1v) is 13.2. The van der Waals surface area contributed by atoms with Crippen LogP contribution in [0, 0.1) is 5.92 Å². The van der Waals surface area contributed by atoms with Crippen LogP contribution in [-0.2, 0) is 24.8 Å². The smallest absolute Gasteiger partial charge is 0.244 e. The predicted octanol–water partition coefficient (Wildman–Crippen LogP) is 2.16. The van der Waals surface area contributed by atoms with Crippen molar-refractivity contribution in [2.45, 2.75) is 11.8 Å². The van der Waals surface area contributed by atoms with Crippen molar-refractivity contribution >= 4 is 48.9 Å². The van der Waals surface area contributed by atoms with Crippen LogP contribution >= 0.6 is 11.6 Å². The van der Waals surface area contributed by atoms with Gasteiger partial charge in [-0.2, -0.15) is 4.31 Å². The molecule has 0 spiro atoms. The average molecular weight is 484 g/mol. The van der Waals surface area contributed by atoms with E-state index in [4.69, 9.17) is 11.6 Å². The lowest BCUT2D eigenvalue weighted by molar-refractivity contribution is -0.119. The van der Waals surface area contributed by atoms with Gasteiger partial charge in [0, 0.05) is 36.9 Å². The normalized spacial score (nSPS) is 22.1. The second-order valence-electron chi connectivity index (χ2n) is 7.65. The maximum Gasteiger partial charge on any atom is 0.244 e. The summed E-state index contributed by atoms with van der Waals surface area (Å²) in [5.41, 5.74) is 1.10. The third kappa shape index (κ3) is 4.17. The second-order valence-corrected chi connectivity index (χ2v) is 11.9. The van der Waals surface area contributed by atoms with Gasteiger partial charge in [0.2, 0.25) is 26.0 Å². The molecule has 2 heterocycles. The van der Waals surface area contributed by atoms with Gasteiger partial charge in [0.25, 0.3) is 0 Å². The number of amides is 1. The molecule has 2 saturated heterocycles. The van der Waals surface area contributed by atoms with Crippen molar-refractivity contribution in [3.8, 4) is 0 Å². The van der Waals surface area contributed by atoms with E-state index in [0.717, 1.165) is 9.99 Å². The van der Waals surface area contributed by atoms with E-state index >= 15 is 0 Å². The van der Waals surface area contributed by atoms with Gasteiger partial charge in [-0.05, 0) is 42.5 Å². The molecule has 8 nitrogen and oxygen atoms in total. The Morgan fingerprint density at radius 2 is 1.61 bits per heavy atom. The number of sulfonamides is 2. The van der Waals surface area contributed by atoms with Gasteiger partial charge in [-0.15, -0.1) is 0 Å².